The van der Waals surface area contributed by atoms with Crippen molar-refractivity contribution in [3.05, 3.63) is 35.4 Å². The Morgan fingerprint density at radius 3 is 2.93 bits per heavy atom. The molecule has 1 amide bonds. The maximum atomic E-state index is 12.4. The highest BCUT2D eigenvalue weighted by Gasteiger charge is 2.49. The van der Waals surface area contributed by atoms with Gasteiger partial charge in [0.05, 0.1) is 5.92 Å². The van der Waals surface area contributed by atoms with Gasteiger partial charge in [-0.1, -0.05) is 17.6 Å². The molecule has 0 aromatic carbocycles. The van der Waals surface area contributed by atoms with Crippen molar-refractivity contribution < 1.29 is 4.79 Å². The molecule has 1 saturated heterocycles. The molecule has 28 heavy (non-hydrogen) atoms. The second-order valence-electron chi connectivity index (χ2n) is 8.20. The van der Waals surface area contributed by atoms with E-state index in [0.717, 1.165) is 37.3 Å². The summed E-state index contributed by atoms with van der Waals surface area (Å²) in [5, 5.41) is 6.95. The Bertz CT molecular complexity index is 817. The smallest absolute Gasteiger partial charge is 0.293 e. The highest BCUT2D eigenvalue weighted by molar-refractivity contribution is 5.82. The maximum Gasteiger partial charge on any atom is 0.293 e. The molecule has 8 nitrogen and oxygen atoms in total. The highest BCUT2D eigenvalue weighted by Crippen LogP contribution is 2.45. The van der Waals surface area contributed by atoms with Gasteiger partial charge in [-0.2, -0.15) is 16.5 Å². The molecule has 4 unspecified atom stereocenters. The second kappa shape index (κ2) is 7.76. The van der Waals surface area contributed by atoms with E-state index in [-0.39, 0.29) is 29.7 Å². The molecule has 1 aromatic heterocycles. The van der Waals surface area contributed by atoms with E-state index in [1.165, 1.54) is 6.42 Å². The molecule has 0 spiro atoms. The van der Waals surface area contributed by atoms with Gasteiger partial charge in [-0.05, 0) is 51.6 Å². The first-order valence-electron chi connectivity index (χ1n) is 9.95. The quantitative estimate of drug-likeness (QED) is 0.410. The Morgan fingerprint density at radius 1 is 1.32 bits per heavy atom. The first-order chi connectivity index (χ1) is 13.5. The number of nitrogens with one attached hydrogen (secondary N) is 3. The van der Waals surface area contributed by atoms with Crippen LogP contribution in [-0.2, 0) is 4.79 Å². The summed E-state index contributed by atoms with van der Waals surface area (Å²) >= 11 is 0. The number of nitrogens with zero attached hydrogens (tertiary/aromatic N) is 4. The van der Waals surface area contributed by atoms with E-state index >= 15 is 0 Å². The summed E-state index contributed by atoms with van der Waals surface area (Å²) in [6.45, 7) is 11.0. The third-order valence-corrected chi connectivity index (χ3v) is 6.16. The van der Waals surface area contributed by atoms with Crippen molar-refractivity contribution in [3.8, 4) is 0 Å². The zero-order chi connectivity index (χ0) is 19.7. The van der Waals surface area contributed by atoms with Crippen molar-refractivity contribution in [2.45, 2.75) is 38.3 Å². The molecule has 2 heterocycles. The van der Waals surface area contributed by atoms with Crippen molar-refractivity contribution in [3.63, 3.8) is 0 Å². The summed E-state index contributed by atoms with van der Waals surface area (Å²) in [6.07, 6.45) is 9.33. The fourth-order valence-corrected chi connectivity index (χ4v) is 4.79. The third-order valence-electron chi connectivity index (χ3n) is 6.16. The number of amides is 1. The molecule has 2 fully saturated rings. The number of fused-ring (bicyclic) bond motifs is 2. The molecular formula is C20H27N7O. The minimum atomic E-state index is -0.248. The summed E-state index contributed by atoms with van der Waals surface area (Å²) in [7, 11) is 2.13. The number of hydrogen-bond donors (Lipinski definition) is 3. The molecule has 4 rings (SSSR count). The summed E-state index contributed by atoms with van der Waals surface area (Å²) in [5.74, 6) is 1.38. The van der Waals surface area contributed by atoms with Crippen LogP contribution in [0.1, 0.15) is 24.8 Å². The zero-order valence-electron chi connectivity index (χ0n) is 16.4. The van der Waals surface area contributed by atoms with Crippen LogP contribution in [0.3, 0.4) is 0 Å². The van der Waals surface area contributed by atoms with E-state index in [1.54, 1.807) is 0 Å². The summed E-state index contributed by atoms with van der Waals surface area (Å²) < 4.78 is 0. The van der Waals surface area contributed by atoms with E-state index in [2.05, 4.69) is 50.1 Å². The normalized spacial score (nSPS) is 31.4. The van der Waals surface area contributed by atoms with E-state index in [4.69, 9.17) is 11.6 Å². The fourth-order valence-electron chi connectivity index (χ4n) is 4.79. The largest absolute Gasteiger partial charge is 0.366 e. The highest BCUT2D eigenvalue weighted by atomic mass is 16.2. The number of carbonyl (C=O) groups excluding carboxylic acids is 1. The number of likely N-dealkylation sites (N-methyl/N-ethyl adjacent to an activating group) is 1. The standard InChI is InChI=1S/C20H27N7O/c1-12-10-22-20(23-15-5-4-8-27(3)11-15)25-18(12)24-17-14-7-6-13(9-14)16(17)19(28)26-21-2/h6-7,10,13-17H,4-5,8-9,11H2,1,3H3,(H,26,28)(H2,22,23,24,25)/t13?,14?,15-,16?,17?/m0/s1. The van der Waals surface area contributed by atoms with Crippen LogP contribution in [0.5, 0.6) is 0 Å². The van der Waals surface area contributed by atoms with Gasteiger partial charge in [0.15, 0.2) is 0 Å². The van der Waals surface area contributed by atoms with Gasteiger partial charge >= 0.3 is 0 Å². The number of aryl methyl sites for hydroxylation is 1. The van der Waals surface area contributed by atoms with Gasteiger partial charge in [0.2, 0.25) is 5.95 Å². The van der Waals surface area contributed by atoms with Gasteiger partial charge in [-0.15, -0.1) is 0 Å². The van der Waals surface area contributed by atoms with Crippen LogP contribution in [0.2, 0.25) is 0 Å². The third kappa shape index (κ3) is 3.67. The molecule has 1 saturated carbocycles. The van der Waals surface area contributed by atoms with Crippen LogP contribution < -0.4 is 16.1 Å². The van der Waals surface area contributed by atoms with Gasteiger partial charge in [0.1, 0.15) is 5.82 Å². The predicted molar refractivity (Wildman–Crippen MR) is 107 cm³/mol. The Hall–Kier alpha value is -2.66. The summed E-state index contributed by atoms with van der Waals surface area (Å²) in [6, 6.07) is 0.288. The molecule has 1 aliphatic heterocycles. The molecule has 2 bridgehead atoms. The number of piperidine rings is 1. The SMILES string of the molecule is [C-]#[N+]NC(=O)C1C2C=CC(C2)C1Nc1nc(N[C@H]2CCCN(C)C2)ncc1C. The van der Waals surface area contributed by atoms with Crippen molar-refractivity contribution in [1.29, 1.82) is 0 Å². The molecule has 1 aromatic rings. The minimum Gasteiger partial charge on any atom is -0.366 e. The average Bonchev–Trinajstić information content (AvgIpc) is 3.26. The van der Waals surface area contributed by atoms with Gasteiger partial charge in [0.25, 0.3) is 5.91 Å². The molecule has 3 N–H and O–H groups in total. The lowest BCUT2D eigenvalue weighted by Crippen LogP contribution is -2.42. The Balaban J connectivity index is 1.50. The molecule has 2 aliphatic carbocycles. The lowest BCUT2D eigenvalue weighted by molar-refractivity contribution is -0.125. The van der Waals surface area contributed by atoms with Gasteiger partial charge in [-0.3, -0.25) is 4.79 Å². The maximum absolute atomic E-state index is 12.4. The first kappa shape index (κ1) is 18.7. The minimum absolute atomic E-state index is 0.0565. The predicted octanol–water partition coefficient (Wildman–Crippen LogP) is 1.84. The van der Waals surface area contributed by atoms with E-state index in [0.29, 0.717) is 12.0 Å². The van der Waals surface area contributed by atoms with Gasteiger partial charge in [-0.25, -0.2) is 4.98 Å². The first-order valence-corrected chi connectivity index (χ1v) is 9.95. The molecule has 0 radical (unpaired) electrons. The van der Waals surface area contributed by atoms with E-state index in [9.17, 15) is 4.79 Å². The van der Waals surface area contributed by atoms with Gasteiger partial charge in [0, 0.05) is 30.4 Å². The number of hydrogen-bond acceptors (Lipinski definition) is 6. The zero-order valence-corrected chi connectivity index (χ0v) is 16.4. The fraction of sp³-hybridized carbons (Fsp3) is 0.600. The van der Waals surface area contributed by atoms with Crippen LogP contribution in [0, 0.1) is 31.2 Å². The number of rotatable bonds is 5. The number of likely N-dealkylation sites (tertiary alicyclic amines) is 1. The van der Waals surface area contributed by atoms with Crippen molar-refractivity contribution in [1.82, 2.24) is 20.3 Å². The molecule has 3 aliphatic rings. The molecule has 5 atom stereocenters. The number of allylic oxidation sites excluding steroid dienone is 1. The van der Waals surface area contributed by atoms with Crippen molar-refractivity contribution >= 4 is 17.7 Å². The Kier molecular flexibility index (Phi) is 5.18. The number of anilines is 2. The number of aromatic nitrogens is 2. The lowest BCUT2D eigenvalue weighted by atomic mass is 9.88. The second-order valence-corrected chi connectivity index (χ2v) is 8.20. The van der Waals surface area contributed by atoms with Crippen molar-refractivity contribution in [2.75, 3.05) is 30.8 Å². The van der Waals surface area contributed by atoms with E-state index < -0.39 is 0 Å². The monoisotopic (exact) mass is 381 g/mol. The van der Waals surface area contributed by atoms with Gasteiger partial charge < -0.3 is 15.5 Å². The molecular weight excluding hydrogens is 354 g/mol. The van der Waals surface area contributed by atoms with Crippen LogP contribution in [-0.4, -0.2) is 53.0 Å². The van der Waals surface area contributed by atoms with Crippen LogP contribution in [0.15, 0.2) is 18.3 Å². The summed E-state index contributed by atoms with van der Waals surface area (Å²) in [4.78, 5) is 27.0. The van der Waals surface area contributed by atoms with Crippen LogP contribution in [0.4, 0.5) is 11.8 Å². The summed E-state index contributed by atoms with van der Waals surface area (Å²) in [5.41, 5.74) is 3.25. The molecule has 148 valence electrons. The van der Waals surface area contributed by atoms with Crippen molar-refractivity contribution in [2.24, 2.45) is 17.8 Å². The van der Waals surface area contributed by atoms with E-state index in [1.807, 2.05) is 13.1 Å². The topological polar surface area (TPSA) is 86.5 Å². The lowest BCUT2D eigenvalue weighted by Gasteiger charge is -2.30. The Morgan fingerprint density at radius 2 is 2.14 bits per heavy atom. The van der Waals surface area contributed by atoms with Crippen LogP contribution >= 0.6 is 0 Å². The molecule has 8 heteroatoms. The Labute approximate surface area is 165 Å². The average molecular weight is 381 g/mol. The number of carbonyl (C=O) groups is 1. The van der Waals surface area contributed by atoms with Crippen LogP contribution in [0.25, 0.3) is 4.95 Å².